The molecule has 0 atom stereocenters. The Kier molecular flexibility index (Phi) is 4.08. The summed E-state index contributed by atoms with van der Waals surface area (Å²) in [6.07, 6.45) is 1.26. The molecule has 10 heteroatoms. The van der Waals surface area contributed by atoms with Gasteiger partial charge in [-0.3, -0.25) is 0 Å². The lowest BCUT2D eigenvalue weighted by Crippen LogP contribution is -2.40. The SMILES string of the molecule is C=Cc1cccc(S(=O)(=O)NS(=O)(=O)C(F)(F)F)c1. The second-order valence-electron chi connectivity index (χ2n) is 3.31. The van der Waals surface area contributed by atoms with Crippen molar-refractivity contribution in [2.24, 2.45) is 0 Å². The molecule has 0 aliphatic heterocycles. The van der Waals surface area contributed by atoms with Gasteiger partial charge < -0.3 is 0 Å². The Morgan fingerprint density at radius 1 is 1.16 bits per heavy atom. The third-order valence-electron chi connectivity index (χ3n) is 1.93. The van der Waals surface area contributed by atoms with E-state index in [1.165, 1.54) is 18.2 Å². The van der Waals surface area contributed by atoms with Gasteiger partial charge in [0.1, 0.15) is 0 Å². The van der Waals surface area contributed by atoms with Crippen molar-refractivity contribution in [3.63, 3.8) is 0 Å². The van der Waals surface area contributed by atoms with Gasteiger partial charge in [0, 0.05) is 0 Å². The monoisotopic (exact) mass is 315 g/mol. The van der Waals surface area contributed by atoms with Crippen LogP contribution in [0.4, 0.5) is 13.2 Å². The molecule has 1 rings (SSSR count). The van der Waals surface area contributed by atoms with Crippen LogP contribution in [0.5, 0.6) is 0 Å². The van der Waals surface area contributed by atoms with Crippen molar-refractivity contribution in [1.29, 1.82) is 0 Å². The molecule has 1 aromatic rings. The summed E-state index contributed by atoms with van der Waals surface area (Å²) in [6.45, 7) is 3.35. The maximum Gasteiger partial charge on any atom is 0.512 e. The van der Waals surface area contributed by atoms with Crippen molar-refractivity contribution in [2.45, 2.75) is 10.4 Å². The van der Waals surface area contributed by atoms with Crippen molar-refractivity contribution >= 4 is 26.1 Å². The molecule has 0 aromatic heterocycles. The number of sulfonamides is 2. The molecule has 0 unspecified atom stereocenters. The number of halogens is 3. The van der Waals surface area contributed by atoms with Crippen LogP contribution in [0, 0.1) is 0 Å². The molecule has 5 nitrogen and oxygen atoms in total. The molecule has 0 saturated heterocycles. The van der Waals surface area contributed by atoms with E-state index in [1.807, 2.05) is 0 Å². The molecule has 0 aliphatic rings. The highest BCUT2D eigenvalue weighted by atomic mass is 32.3. The van der Waals surface area contributed by atoms with Gasteiger partial charge in [-0.1, -0.05) is 28.9 Å². The number of benzene rings is 1. The van der Waals surface area contributed by atoms with E-state index in [-0.39, 0.29) is 0 Å². The summed E-state index contributed by atoms with van der Waals surface area (Å²) in [4.78, 5) is -0.613. The minimum Gasteiger partial charge on any atom is -0.206 e. The number of alkyl halides is 3. The molecule has 19 heavy (non-hydrogen) atoms. The number of rotatable bonds is 4. The van der Waals surface area contributed by atoms with Crippen LogP contribution in [0.25, 0.3) is 6.08 Å². The molecule has 0 fully saturated rings. The largest absolute Gasteiger partial charge is 0.512 e. The second-order valence-corrected chi connectivity index (χ2v) is 6.93. The summed E-state index contributed by atoms with van der Waals surface area (Å²) < 4.78 is 81.5. The Morgan fingerprint density at radius 2 is 1.74 bits per heavy atom. The fourth-order valence-corrected chi connectivity index (χ4v) is 3.52. The standard InChI is InChI=1S/C9H8F3NO4S2/c1-2-7-4-3-5-8(6-7)18(14,15)13-19(16,17)9(10,11)12/h2-6,13H,1H2. The Morgan fingerprint density at radius 3 is 2.21 bits per heavy atom. The molecule has 1 aromatic carbocycles. The van der Waals surface area contributed by atoms with E-state index in [4.69, 9.17) is 0 Å². The zero-order chi connectivity index (χ0) is 14.9. The van der Waals surface area contributed by atoms with Crippen LogP contribution < -0.4 is 4.13 Å². The third-order valence-corrected chi connectivity index (χ3v) is 5.17. The molecule has 0 heterocycles. The van der Waals surface area contributed by atoms with Crippen molar-refractivity contribution in [2.75, 3.05) is 0 Å². The Balaban J connectivity index is 3.23. The Labute approximate surface area is 107 Å². The van der Waals surface area contributed by atoms with Gasteiger partial charge in [0.05, 0.1) is 4.90 Å². The van der Waals surface area contributed by atoms with E-state index in [2.05, 4.69) is 6.58 Å². The van der Waals surface area contributed by atoms with Crippen molar-refractivity contribution in [3.8, 4) is 0 Å². The average Bonchev–Trinajstić information content (AvgIpc) is 2.26. The smallest absolute Gasteiger partial charge is 0.206 e. The van der Waals surface area contributed by atoms with Crippen LogP contribution >= 0.6 is 0 Å². The molecular weight excluding hydrogens is 307 g/mol. The van der Waals surface area contributed by atoms with E-state index in [9.17, 15) is 30.0 Å². The summed E-state index contributed by atoms with van der Waals surface area (Å²) in [6, 6.07) is 4.64. The van der Waals surface area contributed by atoms with Crippen LogP contribution in [0.15, 0.2) is 35.7 Å². The molecule has 0 aliphatic carbocycles. The van der Waals surface area contributed by atoms with Gasteiger partial charge in [-0.25, -0.2) is 16.8 Å². The van der Waals surface area contributed by atoms with E-state index >= 15 is 0 Å². The lowest BCUT2D eigenvalue weighted by Gasteiger charge is -2.10. The van der Waals surface area contributed by atoms with E-state index < -0.39 is 30.5 Å². The van der Waals surface area contributed by atoms with Gasteiger partial charge in [0.15, 0.2) is 0 Å². The van der Waals surface area contributed by atoms with E-state index in [1.54, 1.807) is 0 Å². The molecule has 0 bridgehead atoms. The van der Waals surface area contributed by atoms with Crippen LogP contribution in [0.2, 0.25) is 0 Å². The Bertz CT molecular complexity index is 692. The van der Waals surface area contributed by atoms with Crippen LogP contribution in [-0.4, -0.2) is 22.3 Å². The molecular formula is C9H8F3NO4S2. The lowest BCUT2D eigenvalue weighted by atomic mass is 10.2. The lowest BCUT2D eigenvalue weighted by molar-refractivity contribution is -0.0441. The van der Waals surface area contributed by atoms with Crippen molar-refractivity contribution in [3.05, 3.63) is 36.4 Å². The molecule has 0 saturated carbocycles. The first kappa shape index (κ1) is 15.7. The van der Waals surface area contributed by atoms with Gasteiger partial charge in [-0.15, -0.1) is 0 Å². The minimum atomic E-state index is -5.99. The van der Waals surface area contributed by atoms with Crippen molar-refractivity contribution in [1.82, 2.24) is 4.13 Å². The first-order valence-electron chi connectivity index (χ1n) is 4.57. The maximum atomic E-state index is 12.1. The normalized spacial score (nSPS) is 13.2. The zero-order valence-electron chi connectivity index (χ0n) is 9.18. The molecule has 1 N–H and O–H groups in total. The number of nitrogens with one attached hydrogen (secondary N) is 1. The molecule has 0 spiro atoms. The highest BCUT2D eigenvalue weighted by Gasteiger charge is 2.48. The quantitative estimate of drug-likeness (QED) is 0.912. The predicted octanol–water partition coefficient (Wildman–Crippen LogP) is 1.46. The van der Waals surface area contributed by atoms with Gasteiger partial charge in [0.25, 0.3) is 10.0 Å². The fraction of sp³-hybridized carbons (Fsp3) is 0.111. The summed E-state index contributed by atoms with van der Waals surface area (Å²) >= 11 is 0. The number of hydrogen-bond donors (Lipinski definition) is 1. The highest BCUT2D eigenvalue weighted by molar-refractivity contribution is 8.05. The molecule has 106 valence electrons. The van der Waals surface area contributed by atoms with Gasteiger partial charge in [-0.05, 0) is 17.7 Å². The van der Waals surface area contributed by atoms with Crippen LogP contribution in [0.3, 0.4) is 0 Å². The first-order valence-corrected chi connectivity index (χ1v) is 7.53. The zero-order valence-corrected chi connectivity index (χ0v) is 10.8. The first-order chi connectivity index (χ1) is 8.49. The Hall–Kier alpha value is -1.39. The van der Waals surface area contributed by atoms with Crippen LogP contribution in [-0.2, 0) is 20.0 Å². The van der Waals surface area contributed by atoms with Gasteiger partial charge >= 0.3 is 15.5 Å². The summed E-state index contributed by atoms with van der Waals surface area (Å²) in [5.41, 5.74) is -5.40. The summed E-state index contributed by atoms with van der Waals surface area (Å²) in [7, 11) is -10.8. The average molecular weight is 315 g/mol. The fourth-order valence-electron chi connectivity index (χ4n) is 1.05. The van der Waals surface area contributed by atoms with E-state index in [0.29, 0.717) is 9.69 Å². The topological polar surface area (TPSA) is 80.3 Å². The second kappa shape index (κ2) is 4.94. The third kappa shape index (κ3) is 3.55. The molecule has 0 amide bonds. The van der Waals surface area contributed by atoms with Gasteiger partial charge in [0.2, 0.25) is 0 Å². The van der Waals surface area contributed by atoms with Crippen molar-refractivity contribution < 1.29 is 30.0 Å². The molecule has 0 radical (unpaired) electrons. The van der Waals surface area contributed by atoms with Crippen LogP contribution in [0.1, 0.15) is 5.56 Å². The predicted molar refractivity (Wildman–Crippen MR) is 61.8 cm³/mol. The maximum absolute atomic E-state index is 12.1. The minimum absolute atomic E-state index is 0.312. The summed E-state index contributed by atoms with van der Waals surface area (Å²) in [5.74, 6) is 0. The van der Waals surface area contributed by atoms with E-state index in [0.717, 1.165) is 12.1 Å². The van der Waals surface area contributed by atoms with Gasteiger partial charge in [-0.2, -0.15) is 13.2 Å². The summed E-state index contributed by atoms with van der Waals surface area (Å²) in [5, 5.41) is 0. The highest BCUT2D eigenvalue weighted by Crippen LogP contribution is 2.23. The number of hydrogen-bond acceptors (Lipinski definition) is 4.